The summed E-state index contributed by atoms with van der Waals surface area (Å²) in [5, 5.41) is 0. The largest absolute Gasteiger partial charge is 0.274 e. The van der Waals surface area contributed by atoms with Crippen LogP contribution >= 0.6 is 15.9 Å². The molecule has 3 aliphatic rings. The van der Waals surface area contributed by atoms with Crippen LogP contribution in [-0.2, 0) is 9.59 Å². The Morgan fingerprint density at radius 1 is 1.10 bits per heavy atom. The topological polar surface area (TPSA) is 37.4 Å². The van der Waals surface area contributed by atoms with Crippen molar-refractivity contribution in [1.29, 1.82) is 0 Å². The van der Waals surface area contributed by atoms with Gasteiger partial charge in [0, 0.05) is 4.47 Å². The lowest BCUT2D eigenvalue weighted by Crippen LogP contribution is -2.33. The van der Waals surface area contributed by atoms with Gasteiger partial charge >= 0.3 is 0 Å². The average Bonchev–Trinajstić information content (AvgIpc) is 3.06. The zero-order valence-corrected chi connectivity index (χ0v) is 12.0. The number of imide groups is 1. The van der Waals surface area contributed by atoms with Crippen molar-refractivity contribution in [3.8, 4) is 0 Å². The van der Waals surface area contributed by atoms with E-state index in [1.165, 1.54) is 12.1 Å². The molecule has 1 saturated heterocycles. The van der Waals surface area contributed by atoms with E-state index in [1.807, 2.05) is 12.2 Å². The van der Waals surface area contributed by atoms with Crippen LogP contribution in [0.3, 0.4) is 0 Å². The molecule has 1 heterocycles. The van der Waals surface area contributed by atoms with E-state index in [2.05, 4.69) is 15.9 Å². The van der Waals surface area contributed by atoms with Gasteiger partial charge in [0.2, 0.25) is 11.8 Å². The van der Waals surface area contributed by atoms with Gasteiger partial charge < -0.3 is 0 Å². The molecule has 0 aromatic heterocycles. The third kappa shape index (κ3) is 1.44. The highest BCUT2D eigenvalue weighted by Gasteiger charge is 2.59. The van der Waals surface area contributed by atoms with Gasteiger partial charge in [-0.3, -0.25) is 9.59 Å². The third-order valence-electron chi connectivity index (χ3n) is 4.62. The maximum atomic E-state index is 14.0. The Kier molecular flexibility index (Phi) is 2.46. The molecule has 1 aliphatic heterocycles. The van der Waals surface area contributed by atoms with E-state index >= 15 is 0 Å². The highest BCUT2D eigenvalue weighted by atomic mass is 79.9. The lowest BCUT2D eigenvalue weighted by molar-refractivity contribution is -0.123. The molecule has 1 aromatic carbocycles. The summed E-state index contributed by atoms with van der Waals surface area (Å²) in [5.41, 5.74) is 0.0667. The van der Waals surface area contributed by atoms with Crippen LogP contribution in [0.4, 0.5) is 10.1 Å². The van der Waals surface area contributed by atoms with Gasteiger partial charge in [-0.2, -0.15) is 0 Å². The second-order valence-corrected chi connectivity index (χ2v) is 6.52. The predicted octanol–water partition coefficient (Wildman–Crippen LogP) is 2.90. The van der Waals surface area contributed by atoms with E-state index in [-0.39, 0.29) is 41.2 Å². The van der Waals surface area contributed by atoms with Crippen LogP contribution in [0.5, 0.6) is 0 Å². The number of fused-ring (bicyclic) bond motifs is 5. The number of allylic oxidation sites excluding steroid dienone is 2. The maximum Gasteiger partial charge on any atom is 0.238 e. The molecular formula is C15H11BrFNO2. The molecule has 2 bridgehead atoms. The van der Waals surface area contributed by atoms with E-state index in [9.17, 15) is 14.0 Å². The van der Waals surface area contributed by atoms with Crippen molar-refractivity contribution in [2.24, 2.45) is 23.7 Å². The fourth-order valence-electron chi connectivity index (χ4n) is 3.80. The first-order valence-electron chi connectivity index (χ1n) is 6.59. The molecule has 20 heavy (non-hydrogen) atoms. The molecule has 0 spiro atoms. The summed E-state index contributed by atoms with van der Waals surface area (Å²) in [4.78, 5) is 26.1. The van der Waals surface area contributed by atoms with Crippen molar-refractivity contribution in [3.63, 3.8) is 0 Å². The molecule has 5 heteroatoms. The first-order valence-corrected chi connectivity index (χ1v) is 7.38. The molecule has 2 amide bonds. The number of rotatable bonds is 1. The Balaban J connectivity index is 1.78. The molecule has 1 aromatic rings. The minimum absolute atomic E-state index is 0.0667. The van der Waals surface area contributed by atoms with Crippen LogP contribution in [0.25, 0.3) is 0 Å². The SMILES string of the molecule is O=C1[C@@H]2[C@H](C(=O)N1c1ccc(Br)cc1F)[C@@H]1C=C[C@H]2C1. The summed E-state index contributed by atoms with van der Waals surface area (Å²) in [6.45, 7) is 0. The molecule has 0 unspecified atom stereocenters. The Morgan fingerprint density at radius 2 is 1.70 bits per heavy atom. The van der Waals surface area contributed by atoms with Crippen LogP contribution in [0.1, 0.15) is 6.42 Å². The molecule has 0 N–H and O–H groups in total. The summed E-state index contributed by atoms with van der Waals surface area (Å²) in [6.07, 6.45) is 4.93. The zero-order chi connectivity index (χ0) is 14.0. The minimum Gasteiger partial charge on any atom is -0.274 e. The summed E-state index contributed by atoms with van der Waals surface area (Å²) in [5.74, 6) is -1.35. The second-order valence-electron chi connectivity index (χ2n) is 5.61. The van der Waals surface area contributed by atoms with Gasteiger partial charge in [-0.1, -0.05) is 28.1 Å². The number of carbonyl (C=O) groups excluding carboxylic acids is 2. The Hall–Kier alpha value is -1.49. The monoisotopic (exact) mass is 335 g/mol. The minimum atomic E-state index is -0.554. The van der Waals surface area contributed by atoms with Gasteiger partial charge in [-0.05, 0) is 36.5 Å². The van der Waals surface area contributed by atoms with Crippen molar-refractivity contribution in [2.75, 3.05) is 4.90 Å². The molecule has 4 atom stereocenters. The lowest BCUT2D eigenvalue weighted by Gasteiger charge is -2.18. The third-order valence-corrected chi connectivity index (χ3v) is 5.11. The van der Waals surface area contributed by atoms with E-state index in [0.717, 1.165) is 11.3 Å². The fraction of sp³-hybridized carbons (Fsp3) is 0.333. The van der Waals surface area contributed by atoms with Gasteiger partial charge in [0.1, 0.15) is 5.82 Å². The van der Waals surface area contributed by atoms with Crippen LogP contribution in [0, 0.1) is 29.5 Å². The number of halogens is 2. The molecule has 102 valence electrons. The van der Waals surface area contributed by atoms with Crippen molar-refractivity contribution < 1.29 is 14.0 Å². The standard InChI is InChI=1S/C15H11BrFNO2/c16-9-3-4-11(10(17)6-9)18-14(19)12-7-1-2-8(5-7)13(12)15(18)20/h1-4,6-8,12-13H,5H2/t7-,8+,12-,13+. The van der Waals surface area contributed by atoms with Crippen molar-refractivity contribution in [3.05, 3.63) is 40.6 Å². The Morgan fingerprint density at radius 3 is 2.25 bits per heavy atom. The molecule has 2 aliphatic carbocycles. The van der Waals surface area contributed by atoms with Gasteiger partial charge in [-0.25, -0.2) is 9.29 Å². The van der Waals surface area contributed by atoms with Crippen LogP contribution < -0.4 is 4.90 Å². The first-order chi connectivity index (χ1) is 9.58. The number of hydrogen-bond acceptors (Lipinski definition) is 2. The molecule has 3 nitrogen and oxygen atoms in total. The van der Waals surface area contributed by atoms with Gasteiger partial charge in [0.15, 0.2) is 0 Å². The summed E-state index contributed by atoms with van der Waals surface area (Å²) >= 11 is 3.17. The highest BCUT2D eigenvalue weighted by Crippen LogP contribution is 2.53. The Labute approximate surface area is 123 Å². The number of carbonyl (C=O) groups is 2. The summed E-state index contributed by atoms with van der Waals surface area (Å²) in [6, 6.07) is 4.39. The normalized spacial score (nSPS) is 34.2. The molecule has 0 radical (unpaired) electrons. The predicted molar refractivity (Wildman–Crippen MR) is 74.3 cm³/mol. The fourth-order valence-corrected chi connectivity index (χ4v) is 4.14. The van der Waals surface area contributed by atoms with E-state index in [4.69, 9.17) is 0 Å². The number of anilines is 1. The average molecular weight is 336 g/mol. The van der Waals surface area contributed by atoms with Crippen molar-refractivity contribution in [2.45, 2.75) is 6.42 Å². The zero-order valence-electron chi connectivity index (χ0n) is 10.4. The van der Waals surface area contributed by atoms with E-state index < -0.39 is 5.82 Å². The first kappa shape index (κ1) is 12.3. The summed E-state index contributed by atoms with van der Waals surface area (Å²) < 4.78 is 14.6. The highest BCUT2D eigenvalue weighted by molar-refractivity contribution is 9.10. The van der Waals surface area contributed by atoms with Crippen molar-refractivity contribution >= 4 is 33.4 Å². The van der Waals surface area contributed by atoms with E-state index in [1.54, 1.807) is 6.07 Å². The second kappa shape index (κ2) is 4.01. The molecule has 2 fully saturated rings. The maximum absolute atomic E-state index is 14.0. The number of hydrogen-bond donors (Lipinski definition) is 0. The molecule has 4 rings (SSSR count). The van der Waals surface area contributed by atoms with Crippen LogP contribution in [0.15, 0.2) is 34.8 Å². The lowest BCUT2D eigenvalue weighted by atomic mass is 9.85. The van der Waals surface area contributed by atoms with Crippen molar-refractivity contribution in [1.82, 2.24) is 0 Å². The number of amides is 2. The van der Waals surface area contributed by atoms with Crippen LogP contribution in [-0.4, -0.2) is 11.8 Å². The van der Waals surface area contributed by atoms with Gasteiger partial charge in [0.05, 0.1) is 17.5 Å². The number of benzene rings is 1. The summed E-state index contributed by atoms with van der Waals surface area (Å²) in [7, 11) is 0. The van der Waals surface area contributed by atoms with Gasteiger partial charge in [0.25, 0.3) is 0 Å². The molecular weight excluding hydrogens is 325 g/mol. The Bertz CT molecular complexity index is 642. The van der Waals surface area contributed by atoms with Crippen LogP contribution in [0.2, 0.25) is 0 Å². The van der Waals surface area contributed by atoms with E-state index in [0.29, 0.717) is 4.47 Å². The smallest absolute Gasteiger partial charge is 0.238 e. The van der Waals surface area contributed by atoms with Gasteiger partial charge in [-0.15, -0.1) is 0 Å². The molecule has 1 saturated carbocycles. The quantitative estimate of drug-likeness (QED) is 0.584. The number of nitrogens with zero attached hydrogens (tertiary/aromatic N) is 1.